The first kappa shape index (κ1) is 13.4. The molecule has 0 aliphatic rings. The summed E-state index contributed by atoms with van der Waals surface area (Å²) in [5, 5.41) is 3.44. The van der Waals surface area contributed by atoms with Crippen LogP contribution in [0.4, 0.5) is 5.69 Å². The molecular weight excluding hydrogens is 218 g/mol. The molecule has 0 aliphatic carbocycles. The van der Waals surface area contributed by atoms with Gasteiger partial charge in [-0.05, 0) is 30.5 Å². The van der Waals surface area contributed by atoms with Crippen molar-refractivity contribution in [2.75, 3.05) is 17.7 Å². The van der Waals surface area contributed by atoms with Crippen LogP contribution in [0.5, 0.6) is 0 Å². The summed E-state index contributed by atoms with van der Waals surface area (Å²) in [6, 6.07) is 8.58. The van der Waals surface area contributed by atoms with Gasteiger partial charge in [0.1, 0.15) is 0 Å². The van der Waals surface area contributed by atoms with Crippen LogP contribution in [0.3, 0.4) is 0 Å². The molecule has 0 saturated carbocycles. The quantitative estimate of drug-likeness (QED) is 0.522. The molecule has 0 aliphatic heterocycles. The molecule has 0 aromatic heterocycles. The van der Waals surface area contributed by atoms with Gasteiger partial charge >= 0.3 is 0 Å². The summed E-state index contributed by atoms with van der Waals surface area (Å²) < 4.78 is 0. The molecule has 1 aromatic rings. The van der Waals surface area contributed by atoms with E-state index in [0.717, 1.165) is 13.0 Å². The number of nitrogens with one attached hydrogen (secondary N) is 1. The summed E-state index contributed by atoms with van der Waals surface area (Å²) in [6.45, 7) is 3.32. The zero-order valence-electron chi connectivity index (χ0n) is 10.1. The summed E-state index contributed by atoms with van der Waals surface area (Å²) in [7, 11) is 0. The largest absolute Gasteiger partial charge is 0.385 e. The van der Waals surface area contributed by atoms with Crippen LogP contribution < -0.4 is 5.32 Å². The van der Waals surface area contributed by atoms with Crippen LogP contribution in [0.25, 0.3) is 0 Å². The van der Waals surface area contributed by atoms with Crippen molar-refractivity contribution >= 4 is 17.3 Å². The number of aryl methyl sites for hydroxylation is 1. The summed E-state index contributed by atoms with van der Waals surface area (Å²) in [6.07, 6.45) is 6.19. The Morgan fingerprint density at radius 3 is 2.44 bits per heavy atom. The van der Waals surface area contributed by atoms with Crippen LogP contribution in [0, 0.1) is 0 Å². The molecule has 1 rings (SSSR count). The van der Waals surface area contributed by atoms with Gasteiger partial charge < -0.3 is 5.32 Å². The van der Waals surface area contributed by atoms with Gasteiger partial charge in [-0.15, -0.1) is 11.6 Å². The predicted octanol–water partition coefficient (Wildman–Crippen LogP) is 4.46. The Kier molecular flexibility index (Phi) is 7.07. The van der Waals surface area contributed by atoms with E-state index in [2.05, 4.69) is 36.5 Å². The molecule has 90 valence electrons. The minimum atomic E-state index is 0.698. The predicted molar refractivity (Wildman–Crippen MR) is 73.5 cm³/mol. The fraction of sp³-hybridized carbons (Fsp3) is 0.571. The maximum Gasteiger partial charge on any atom is 0.0340 e. The van der Waals surface area contributed by atoms with Crippen molar-refractivity contribution in [2.45, 2.75) is 39.0 Å². The second-order valence-electron chi connectivity index (χ2n) is 4.12. The van der Waals surface area contributed by atoms with Gasteiger partial charge in [-0.1, -0.05) is 38.3 Å². The Bertz CT molecular complexity index is 269. The molecule has 16 heavy (non-hydrogen) atoms. The van der Waals surface area contributed by atoms with Crippen LogP contribution in [0.15, 0.2) is 24.3 Å². The van der Waals surface area contributed by atoms with Crippen molar-refractivity contribution in [1.82, 2.24) is 0 Å². The summed E-state index contributed by atoms with van der Waals surface area (Å²) in [4.78, 5) is 0. The summed E-state index contributed by atoms with van der Waals surface area (Å²) in [5.74, 6) is 0.698. The number of hydrogen-bond donors (Lipinski definition) is 1. The van der Waals surface area contributed by atoms with Crippen LogP contribution in [-0.2, 0) is 6.42 Å². The Morgan fingerprint density at radius 1 is 1.06 bits per heavy atom. The zero-order chi connectivity index (χ0) is 11.6. The van der Waals surface area contributed by atoms with Crippen LogP contribution in [-0.4, -0.2) is 12.4 Å². The lowest BCUT2D eigenvalue weighted by atomic mass is 10.1. The van der Waals surface area contributed by atoms with Crippen molar-refractivity contribution in [3.05, 3.63) is 29.8 Å². The van der Waals surface area contributed by atoms with Gasteiger partial charge in [0.25, 0.3) is 0 Å². The molecule has 0 unspecified atom stereocenters. The molecule has 0 heterocycles. The van der Waals surface area contributed by atoms with E-state index in [1.165, 1.54) is 36.9 Å². The van der Waals surface area contributed by atoms with E-state index in [4.69, 9.17) is 11.6 Å². The van der Waals surface area contributed by atoms with Gasteiger partial charge in [0.05, 0.1) is 0 Å². The van der Waals surface area contributed by atoms with E-state index in [1.807, 2.05) is 0 Å². The van der Waals surface area contributed by atoms with Crippen LogP contribution >= 0.6 is 11.6 Å². The van der Waals surface area contributed by atoms with Crippen molar-refractivity contribution in [3.63, 3.8) is 0 Å². The maximum atomic E-state index is 5.69. The highest BCUT2D eigenvalue weighted by atomic mass is 35.5. The number of benzene rings is 1. The standard InChI is InChI=1S/C14H22ClN/c1-2-3-4-5-12-16-14-8-6-13(7-9-14)10-11-15/h6-9,16H,2-5,10-12H2,1H3. The van der Waals surface area contributed by atoms with Crippen LogP contribution in [0.1, 0.15) is 38.2 Å². The second-order valence-corrected chi connectivity index (χ2v) is 4.50. The minimum Gasteiger partial charge on any atom is -0.385 e. The Morgan fingerprint density at radius 2 is 1.81 bits per heavy atom. The van der Waals surface area contributed by atoms with Gasteiger partial charge in [-0.25, -0.2) is 0 Å². The van der Waals surface area contributed by atoms with Gasteiger partial charge in [-0.2, -0.15) is 0 Å². The zero-order valence-corrected chi connectivity index (χ0v) is 10.9. The Hall–Kier alpha value is -0.690. The van der Waals surface area contributed by atoms with E-state index in [9.17, 15) is 0 Å². The van der Waals surface area contributed by atoms with E-state index in [0.29, 0.717) is 5.88 Å². The number of alkyl halides is 1. The second kappa shape index (κ2) is 8.46. The van der Waals surface area contributed by atoms with E-state index < -0.39 is 0 Å². The van der Waals surface area contributed by atoms with Crippen LogP contribution in [0.2, 0.25) is 0 Å². The molecule has 0 spiro atoms. The molecule has 1 nitrogen and oxygen atoms in total. The van der Waals surface area contributed by atoms with Crippen molar-refractivity contribution < 1.29 is 0 Å². The molecule has 0 fully saturated rings. The molecule has 0 radical (unpaired) electrons. The summed E-state index contributed by atoms with van der Waals surface area (Å²) >= 11 is 5.69. The third kappa shape index (κ3) is 5.41. The Balaban J connectivity index is 2.21. The lowest BCUT2D eigenvalue weighted by Crippen LogP contribution is -2.01. The molecule has 0 saturated heterocycles. The molecule has 2 heteroatoms. The highest BCUT2D eigenvalue weighted by molar-refractivity contribution is 6.17. The monoisotopic (exact) mass is 239 g/mol. The fourth-order valence-electron chi connectivity index (χ4n) is 1.68. The Labute approximate surface area is 104 Å². The van der Waals surface area contributed by atoms with Crippen molar-refractivity contribution in [1.29, 1.82) is 0 Å². The summed E-state index contributed by atoms with van der Waals surface area (Å²) in [5.41, 5.74) is 2.53. The smallest absolute Gasteiger partial charge is 0.0340 e. The molecule has 0 bridgehead atoms. The SMILES string of the molecule is CCCCCCNc1ccc(CCCl)cc1. The normalized spacial score (nSPS) is 10.4. The molecule has 0 atom stereocenters. The first-order chi connectivity index (χ1) is 7.86. The lowest BCUT2D eigenvalue weighted by molar-refractivity contribution is 0.685. The third-order valence-electron chi connectivity index (χ3n) is 2.70. The average molecular weight is 240 g/mol. The van der Waals surface area contributed by atoms with Crippen molar-refractivity contribution in [3.8, 4) is 0 Å². The highest BCUT2D eigenvalue weighted by Crippen LogP contribution is 2.11. The van der Waals surface area contributed by atoms with E-state index in [-0.39, 0.29) is 0 Å². The average Bonchev–Trinajstić information content (AvgIpc) is 2.31. The topological polar surface area (TPSA) is 12.0 Å². The third-order valence-corrected chi connectivity index (χ3v) is 2.89. The number of halogens is 1. The van der Waals surface area contributed by atoms with Crippen molar-refractivity contribution in [2.24, 2.45) is 0 Å². The first-order valence-corrected chi connectivity index (χ1v) is 6.79. The minimum absolute atomic E-state index is 0.698. The van der Waals surface area contributed by atoms with Gasteiger partial charge in [0, 0.05) is 18.1 Å². The molecule has 1 N–H and O–H groups in total. The number of unbranched alkanes of at least 4 members (excludes halogenated alkanes) is 3. The fourth-order valence-corrected chi connectivity index (χ4v) is 1.90. The molecule has 1 aromatic carbocycles. The maximum absolute atomic E-state index is 5.69. The lowest BCUT2D eigenvalue weighted by Gasteiger charge is -2.06. The van der Waals surface area contributed by atoms with Gasteiger partial charge in [0.15, 0.2) is 0 Å². The molecule has 0 amide bonds. The number of anilines is 1. The number of rotatable bonds is 8. The molecular formula is C14H22ClN. The van der Waals surface area contributed by atoms with E-state index >= 15 is 0 Å². The highest BCUT2D eigenvalue weighted by Gasteiger charge is 1.94. The van der Waals surface area contributed by atoms with Gasteiger partial charge in [0.2, 0.25) is 0 Å². The number of hydrogen-bond acceptors (Lipinski definition) is 1. The van der Waals surface area contributed by atoms with E-state index in [1.54, 1.807) is 0 Å². The van der Waals surface area contributed by atoms with Gasteiger partial charge in [-0.3, -0.25) is 0 Å². The first-order valence-electron chi connectivity index (χ1n) is 6.25.